The lowest BCUT2D eigenvalue weighted by molar-refractivity contribution is -0.116. The van der Waals surface area contributed by atoms with Crippen LogP contribution >= 0.6 is 0 Å². The van der Waals surface area contributed by atoms with Crippen LogP contribution in [0.1, 0.15) is 49.6 Å². The number of carbonyl (C=O) groups excluding carboxylic acids is 1. The second kappa shape index (κ2) is 14.0. The van der Waals surface area contributed by atoms with E-state index in [0.29, 0.717) is 13.2 Å². The summed E-state index contributed by atoms with van der Waals surface area (Å²) in [5, 5.41) is 2.98. The minimum Gasteiger partial charge on any atom is -0.494 e. The van der Waals surface area contributed by atoms with Crippen molar-refractivity contribution in [3.8, 4) is 5.75 Å². The van der Waals surface area contributed by atoms with Gasteiger partial charge in [-0.3, -0.25) is 4.79 Å². The van der Waals surface area contributed by atoms with Gasteiger partial charge >= 0.3 is 0 Å². The molecule has 0 saturated carbocycles. The minimum absolute atomic E-state index is 0.0471. The van der Waals surface area contributed by atoms with E-state index in [1.165, 1.54) is 11.1 Å². The maximum absolute atomic E-state index is 12.0. The number of amides is 1. The van der Waals surface area contributed by atoms with Gasteiger partial charge in [0.1, 0.15) is 11.6 Å². The van der Waals surface area contributed by atoms with Crippen LogP contribution in [0.2, 0.25) is 0 Å². The first kappa shape index (κ1) is 26.2. The summed E-state index contributed by atoms with van der Waals surface area (Å²) in [7, 11) is 0. The van der Waals surface area contributed by atoms with Crippen molar-refractivity contribution in [3.63, 3.8) is 0 Å². The van der Waals surface area contributed by atoms with Crippen LogP contribution in [0.4, 0.5) is 0 Å². The van der Waals surface area contributed by atoms with Gasteiger partial charge in [-0.15, -0.1) is 0 Å². The van der Waals surface area contributed by atoms with E-state index in [-0.39, 0.29) is 5.91 Å². The lowest BCUT2D eigenvalue weighted by Gasteiger charge is -2.11. The van der Waals surface area contributed by atoms with Gasteiger partial charge < -0.3 is 14.6 Å². The number of hydrogen-bond acceptors (Lipinski definition) is 3. The zero-order valence-electron chi connectivity index (χ0n) is 21.7. The summed E-state index contributed by atoms with van der Waals surface area (Å²) >= 11 is 0. The van der Waals surface area contributed by atoms with Crippen molar-refractivity contribution in [3.05, 3.63) is 102 Å². The first-order valence-corrected chi connectivity index (χ1v) is 13.4. The quantitative estimate of drug-likeness (QED) is 0.158. The number of aryl methyl sites for hydroxylation is 3. The Labute approximate surface area is 220 Å². The van der Waals surface area contributed by atoms with Crippen molar-refractivity contribution in [1.82, 2.24) is 14.9 Å². The van der Waals surface area contributed by atoms with E-state index in [9.17, 15) is 4.79 Å². The summed E-state index contributed by atoms with van der Waals surface area (Å²) in [6, 6.07) is 26.6. The summed E-state index contributed by atoms with van der Waals surface area (Å²) in [6.45, 7) is 4.40. The van der Waals surface area contributed by atoms with Gasteiger partial charge in [0.2, 0.25) is 5.91 Å². The summed E-state index contributed by atoms with van der Waals surface area (Å²) < 4.78 is 8.31. The number of rotatable bonds is 14. The number of nitrogens with zero attached hydrogens (tertiary/aromatic N) is 2. The highest BCUT2D eigenvalue weighted by Gasteiger charge is 2.10. The van der Waals surface area contributed by atoms with E-state index < -0.39 is 0 Å². The zero-order chi connectivity index (χ0) is 25.7. The fourth-order valence-electron chi connectivity index (χ4n) is 4.39. The molecule has 0 aliphatic heterocycles. The Balaban J connectivity index is 1.20. The van der Waals surface area contributed by atoms with E-state index >= 15 is 0 Å². The molecule has 0 spiro atoms. The molecule has 1 N–H and O–H groups in total. The number of imidazole rings is 1. The summed E-state index contributed by atoms with van der Waals surface area (Å²) in [5.41, 5.74) is 4.58. The molecule has 0 unspecified atom stereocenters. The second-order valence-electron chi connectivity index (χ2n) is 9.21. The maximum atomic E-state index is 12.0. The Hall–Kier alpha value is -3.86. The monoisotopic (exact) mass is 495 g/mol. The third kappa shape index (κ3) is 8.07. The van der Waals surface area contributed by atoms with Crippen LogP contribution in [-0.2, 0) is 24.2 Å². The molecule has 1 amide bonds. The molecule has 0 bridgehead atoms. The number of carbonyl (C=O) groups is 1. The van der Waals surface area contributed by atoms with Crippen molar-refractivity contribution in [2.24, 2.45) is 0 Å². The van der Waals surface area contributed by atoms with Gasteiger partial charge in [0.15, 0.2) is 0 Å². The second-order valence-corrected chi connectivity index (χ2v) is 9.21. The molecule has 0 radical (unpaired) electrons. The molecule has 0 aliphatic rings. The van der Waals surface area contributed by atoms with Gasteiger partial charge in [-0.05, 0) is 67.2 Å². The molecule has 5 nitrogen and oxygen atoms in total. The molecule has 4 rings (SSSR count). The number of benzene rings is 3. The molecule has 0 atom stereocenters. The Kier molecular flexibility index (Phi) is 9.94. The maximum Gasteiger partial charge on any atom is 0.243 e. The van der Waals surface area contributed by atoms with Gasteiger partial charge in [0.05, 0.1) is 17.6 Å². The highest BCUT2D eigenvalue weighted by Crippen LogP contribution is 2.19. The predicted molar refractivity (Wildman–Crippen MR) is 152 cm³/mol. The van der Waals surface area contributed by atoms with Crippen LogP contribution in [0.5, 0.6) is 5.75 Å². The minimum atomic E-state index is -0.0471. The van der Waals surface area contributed by atoms with E-state index in [4.69, 9.17) is 9.72 Å². The molecule has 0 aliphatic carbocycles. The van der Waals surface area contributed by atoms with Gasteiger partial charge in [0, 0.05) is 25.6 Å². The van der Waals surface area contributed by atoms with E-state index in [1.54, 1.807) is 6.08 Å². The van der Waals surface area contributed by atoms with Crippen molar-refractivity contribution in [2.75, 3.05) is 13.2 Å². The first-order valence-electron chi connectivity index (χ1n) is 13.4. The zero-order valence-corrected chi connectivity index (χ0v) is 21.7. The average Bonchev–Trinajstić information content (AvgIpc) is 3.30. The molecule has 0 saturated heterocycles. The van der Waals surface area contributed by atoms with Crippen LogP contribution in [-0.4, -0.2) is 28.6 Å². The lowest BCUT2D eigenvalue weighted by atomic mass is 10.2. The SMILES string of the molecule is CCc1ccc(OCCCn2c(CCCCCNC(=O)/C=C/c3ccccc3)nc3ccccc32)cc1. The number of ether oxygens (including phenoxy) is 1. The molecular weight excluding hydrogens is 458 g/mol. The Morgan fingerprint density at radius 1 is 0.919 bits per heavy atom. The van der Waals surface area contributed by atoms with E-state index in [2.05, 4.69) is 59.3 Å². The normalized spacial score (nSPS) is 11.3. The van der Waals surface area contributed by atoms with Crippen LogP contribution in [0, 0.1) is 0 Å². The molecule has 3 aromatic carbocycles. The van der Waals surface area contributed by atoms with Crippen LogP contribution in [0.25, 0.3) is 17.1 Å². The Morgan fingerprint density at radius 3 is 2.51 bits per heavy atom. The molecule has 192 valence electrons. The third-order valence-electron chi connectivity index (χ3n) is 6.46. The van der Waals surface area contributed by atoms with Crippen molar-refractivity contribution < 1.29 is 9.53 Å². The fraction of sp³-hybridized carbons (Fsp3) is 0.312. The molecule has 5 heteroatoms. The summed E-state index contributed by atoms with van der Waals surface area (Å²) in [4.78, 5) is 16.9. The molecule has 37 heavy (non-hydrogen) atoms. The number of hydrogen-bond donors (Lipinski definition) is 1. The number of para-hydroxylation sites is 2. The smallest absolute Gasteiger partial charge is 0.243 e. The molecule has 1 heterocycles. The Bertz CT molecular complexity index is 1280. The fourth-order valence-corrected chi connectivity index (χ4v) is 4.39. The van der Waals surface area contributed by atoms with Gasteiger partial charge in [-0.2, -0.15) is 0 Å². The lowest BCUT2D eigenvalue weighted by Crippen LogP contribution is -2.22. The van der Waals surface area contributed by atoms with Crippen molar-refractivity contribution >= 4 is 23.0 Å². The van der Waals surface area contributed by atoms with Crippen LogP contribution < -0.4 is 10.1 Å². The molecule has 0 fully saturated rings. The van der Waals surface area contributed by atoms with Crippen LogP contribution in [0.15, 0.2) is 84.9 Å². The predicted octanol–water partition coefficient (Wildman–Crippen LogP) is 6.61. The standard InChI is InChI=1S/C32H37N3O2/c1-2-26-17-20-28(21-18-26)37-25-11-24-35-30-15-9-8-14-29(30)34-31(35)16-7-4-10-23-33-32(36)22-19-27-12-5-3-6-13-27/h3,5-6,8-9,12-15,17-22H,2,4,7,10-11,16,23-25H2,1H3,(H,33,36)/b22-19+. The van der Waals surface area contributed by atoms with Crippen molar-refractivity contribution in [2.45, 2.75) is 52.0 Å². The number of nitrogens with one attached hydrogen (secondary N) is 1. The third-order valence-corrected chi connectivity index (χ3v) is 6.46. The highest BCUT2D eigenvalue weighted by atomic mass is 16.5. The molecule has 1 aromatic heterocycles. The van der Waals surface area contributed by atoms with E-state index in [1.807, 2.05) is 42.5 Å². The number of unbranched alkanes of at least 4 members (excludes halogenated alkanes) is 2. The first-order chi connectivity index (χ1) is 18.2. The molecular formula is C32H37N3O2. The van der Waals surface area contributed by atoms with Crippen LogP contribution in [0.3, 0.4) is 0 Å². The van der Waals surface area contributed by atoms with Crippen molar-refractivity contribution in [1.29, 1.82) is 0 Å². The highest BCUT2D eigenvalue weighted by molar-refractivity contribution is 5.91. The van der Waals surface area contributed by atoms with E-state index in [0.717, 1.165) is 67.7 Å². The number of fused-ring (bicyclic) bond motifs is 1. The summed E-state index contributed by atoms with van der Waals surface area (Å²) in [5.74, 6) is 2.01. The van der Waals surface area contributed by atoms with Gasteiger partial charge in [-0.25, -0.2) is 4.98 Å². The topological polar surface area (TPSA) is 56.1 Å². The molecule has 4 aromatic rings. The summed E-state index contributed by atoms with van der Waals surface area (Å²) in [6.07, 6.45) is 9.37. The average molecular weight is 496 g/mol. The Morgan fingerprint density at radius 2 is 1.70 bits per heavy atom. The van der Waals surface area contributed by atoms with Gasteiger partial charge in [-0.1, -0.05) is 67.9 Å². The largest absolute Gasteiger partial charge is 0.494 e. The number of aromatic nitrogens is 2. The van der Waals surface area contributed by atoms with Gasteiger partial charge in [0.25, 0.3) is 0 Å².